The predicted octanol–water partition coefficient (Wildman–Crippen LogP) is 8.90. The third-order valence-corrected chi connectivity index (χ3v) is 21.5. The van der Waals surface area contributed by atoms with E-state index in [4.69, 9.17) is 67.2 Å². The normalized spacial score (nSPS) is 56.3. The quantitative estimate of drug-likeness (QED) is 0.131. The van der Waals surface area contributed by atoms with E-state index in [1.54, 1.807) is 0 Å². The van der Waals surface area contributed by atoms with Gasteiger partial charge in [-0.15, -0.1) is 0 Å². The van der Waals surface area contributed by atoms with Gasteiger partial charge in [-0.1, -0.05) is 41.5 Å². The summed E-state index contributed by atoms with van der Waals surface area (Å²) in [6.07, 6.45) is 13.2. The first kappa shape index (κ1) is 49.3. The summed E-state index contributed by atoms with van der Waals surface area (Å²) in [5.74, 6) is 2.04. The van der Waals surface area contributed by atoms with Gasteiger partial charge >= 0.3 is 0 Å². The van der Waals surface area contributed by atoms with E-state index in [1.807, 2.05) is 20.8 Å². The topological polar surface area (TPSA) is 141 Å². The molecule has 392 valence electrons. The molecule has 15 heteroatoms. The lowest BCUT2D eigenvalue weighted by Crippen LogP contribution is -2.70. The second-order valence-electron chi connectivity index (χ2n) is 25.5. The van der Waals surface area contributed by atoms with Crippen LogP contribution in [0.1, 0.15) is 159 Å². The zero-order valence-electron chi connectivity index (χ0n) is 43.3. The van der Waals surface area contributed by atoms with Crippen LogP contribution >= 0.6 is 0 Å². The minimum atomic E-state index is -0.794. The fourth-order valence-corrected chi connectivity index (χ4v) is 17.4. The zero-order chi connectivity index (χ0) is 47.7. The van der Waals surface area contributed by atoms with Crippen LogP contribution in [0.2, 0.25) is 0 Å². The molecule has 15 aliphatic rings. The van der Waals surface area contributed by atoms with Crippen molar-refractivity contribution in [2.24, 2.45) is 71.0 Å². The molecule has 6 bridgehead atoms. The molecule has 12 saturated heterocycles. The Kier molecular flexibility index (Phi) is 13.1. The SMILES string of the molecule is C[C@@H]1CC[C@H]2[C@@H](C)C(CCNCC(COCCC3O[C@@H]4OC5(C)CC[C@H]6[C@H](C)CC[C@@H]([C@H]3C)[C@@]46OO5)OCCC3O[C@@H]4OC5(C)CC[C@H]6[C@H](C)CC[C@@H]([C@H]3C)[C@@]46OO5)O[C@@H]3OC4(C)CC[C@@H]1[C@]32OO4. The molecule has 15 nitrogen and oxygen atoms in total. The van der Waals surface area contributed by atoms with E-state index in [0.717, 1.165) is 83.6 Å². The van der Waals surface area contributed by atoms with Gasteiger partial charge in [0.05, 0.1) is 31.0 Å². The van der Waals surface area contributed by atoms with Crippen molar-refractivity contribution in [3.8, 4) is 0 Å². The van der Waals surface area contributed by atoms with Crippen LogP contribution in [0.25, 0.3) is 0 Å². The number of nitrogens with one attached hydrogen (secondary N) is 1. The van der Waals surface area contributed by atoms with Crippen molar-refractivity contribution >= 4 is 0 Å². The highest BCUT2D eigenvalue weighted by molar-refractivity contribution is 5.13. The van der Waals surface area contributed by atoms with E-state index < -0.39 is 53.0 Å². The average molecular weight is 974 g/mol. The Morgan fingerprint density at radius 3 is 1.28 bits per heavy atom. The molecule has 0 aromatic rings. The first-order chi connectivity index (χ1) is 33.1. The number of ether oxygens (including phenoxy) is 8. The van der Waals surface area contributed by atoms with Crippen LogP contribution in [0.3, 0.4) is 0 Å². The highest BCUT2D eigenvalue weighted by atomic mass is 17.3. The second kappa shape index (κ2) is 18.3. The second-order valence-corrected chi connectivity index (χ2v) is 25.5. The van der Waals surface area contributed by atoms with Crippen LogP contribution in [0.4, 0.5) is 0 Å². The summed E-state index contributed by atoms with van der Waals surface area (Å²) in [6.45, 7) is 23.1. The number of rotatable bonds is 14. The largest absolute Gasteiger partial charge is 0.379 e. The molecule has 0 amide bonds. The van der Waals surface area contributed by atoms with Crippen molar-refractivity contribution in [3.05, 3.63) is 0 Å². The summed E-state index contributed by atoms with van der Waals surface area (Å²) in [6, 6.07) is 0. The summed E-state index contributed by atoms with van der Waals surface area (Å²) < 4.78 is 54.3. The van der Waals surface area contributed by atoms with Crippen molar-refractivity contribution in [1.82, 2.24) is 5.32 Å². The van der Waals surface area contributed by atoms with Crippen molar-refractivity contribution in [1.29, 1.82) is 0 Å². The molecule has 3 saturated carbocycles. The fourth-order valence-electron chi connectivity index (χ4n) is 17.4. The van der Waals surface area contributed by atoms with Crippen LogP contribution in [0, 0.1) is 71.0 Å². The average Bonchev–Trinajstić information content (AvgIpc) is 3.81. The van der Waals surface area contributed by atoms with Crippen molar-refractivity contribution in [2.75, 3.05) is 32.9 Å². The van der Waals surface area contributed by atoms with E-state index in [-0.39, 0.29) is 42.2 Å². The Morgan fingerprint density at radius 2 is 0.855 bits per heavy atom. The number of hydrogen-bond donors (Lipinski definition) is 1. The molecule has 3 spiro atoms. The van der Waals surface area contributed by atoms with Gasteiger partial charge in [-0.25, -0.2) is 29.3 Å². The van der Waals surface area contributed by atoms with Gasteiger partial charge in [0, 0.05) is 56.8 Å². The van der Waals surface area contributed by atoms with E-state index in [2.05, 4.69) is 46.9 Å². The number of hydrogen-bond acceptors (Lipinski definition) is 15. The van der Waals surface area contributed by atoms with E-state index in [9.17, 15) is 0 Å². The van der Waals surface area contributed by atoms with Gasteiger partial charge < -0.3 is 43.2 Å². The molecule has 0 aromatic carbocycles. The maximum absolute atomic E-state index is 6.96. The first-order valence-corrected chi connectivity index (χ1v) is 28.1. The minimum Gasteiger partial charge on any atom is -0.379 e. The third-order valence-electron chi connectivity index (χ3n) is 21.5. The Balaban J connectivity index is 0.696. The molecule has 0 radical (unpaired) electrons. The predicted molar refractivity (Wildman–Crippen MR) is 248 cm³/mol. The van der Waals surface area contributed by atoms with Gasteiger partial charge in [0.15, 0.2) is 35.7 Å². The zero-order valence-corrected chi connectivity index (χ0v) is 43.3. The molecule has 0 aromatic heterocycles. The summed E-state index contributed by atoms with van der Waals surface area (Å²) in [4.78, 5) is 37.6. The molecule has 12 heterocycles. The standard InChI is InChI=1S/C54H87NO14/c1-30-10-13-40-33(4)43(58-46-52(40)37(30)16-22-49(7,61-46)64-67-52)19-25-55-28-36(57-27-21-45-35(6)42-15-12-32(3)39-18-24-51(9)63-48(60-45)54(39,42)69-66-51)29-56-26-20-44-34(5)41-14-11-31(2)38-17-23-50(8)62-47(59-44)53(38,41)68-65-50/h30-48,55H,10-29H2,1-9H3/t30-,31-,32-,33-,34-,35-,36?,37+,38+,39+,40+,41+,42+,43?,44?,45?,46-,47-,48-,49?,50?,51?,52-,53-,54-/m1/s1. The van der Waals surface area contributed by atoms with E-state index in [0.29, 0.717) is 79.6 Å². The number of fused-ring (bicyclic) bond motifs is 6. The Morgan fingerprint density at radius 1 is 0.464 bits per heavy atom. The molecule has 69 heavy (non-hydrogen) atoms. The van der Waals surface area contributed by atoms with Crippen LogP contribution in [-0.2, 0) is 67.2 Å². The summed E-state index contributed by atoms with van der Waals surface area (Å²) in [7, 11) is 0. The maximum Gasteiger partial charge on any atom is 0.201 e. The van der Waals surface area contributed by atoms with E-state index >= 15 is 0 Å². The molecular formula is C54H87NO14. The molecule has 15 fully saturated rings. The minimum absolute atomic E-state index is 0.0103. The van der Waals surface area contributed by atoms with Gasteiger partial charge in [-0.05, 0) is 158 Å². The smallest absolute Gasteiger partial charge is 0.201 e. The van der Waals surface area contributed by atoms with Gasteiger partial charge in [0.25, 0.3) is 0 Å². The molecule has 3 aliphatic carbocycles. The lowest BCUT2D eigenvalue weighted by atomic mass is 9.57. The molecule has 1 N–H and O–H groups in total. The Hall–Kier alpha value is -0.600. The molecule has 12 aliphatic heterocycles. The van der Waals surface area contributed by atoms with Crippen LogP contribution < -0.4 is 5.32 Å². The third kappa shape index (κ3) is 7.95. The summed E-state index contributed by atoms with van der Waals surface area (Å²) in [5.41, 5.74) is -1.68. The van der Waals surface area contributed by atoms with Crippen molar-refractivity contribution < 1.29 is 67.2 Å². The highest BCUT2D eigenvalue weighted by Crippen LogP contribution is 2.64. The highest BCUT2D eigenvalue weighted by Gasteiger charge is 2.72. The molecule has 25 atom stereocenters. The van der Waals surface area contributed by atoms with Gasteiger partial charge in [-0.2, -0.15) is 0 Å². The van der Waals surface area contributed by atoms with Gasteiger partial charge in [0.2, 0.25) is 17.4 Å². The lowest BCUT2D eigenvalue weighted by Gasteiger charge is -2.60. The maximum atomic E-state index is 6.96. The van der Waals surface area contributed by atoms with Crippen LogP contribution in [0.15, 0.2) is 0 Å². The Labute approximate surface area is 411 Å². The molecule has 7 unspecified atom stereocenters. The van der Waals surface area contributed by atoms with Crippen molar-refractivity contribution in [2.45, 2.75) is 236 Å². The Bertz CT molecular complexity index is 1760. The van der Waals surface area contributed by atoms with E-state index in [1.165, 1.54) is 19.3 Å². The lowest BCUT2D eigenvalue weighted by molar-refractivity contribution is -0.571. The first-order valence-electron chi connectivity index (χ1n) is 28.1. The molecular weight excluding hydrogens is 887 g/mol. The fraction of sp³-hybridized carbons (Fsp3) is 1.00. The van der Waals surface area contributed by atoms with Crippen LogP contribution in [-0.4, -0.2) is 110 Å². The van der Waals surface area contributed by atoms with Gasteiger partial charge in [-0.3, -0.25) is 0 Å². The summed E-state index contributed by atoms with van der Waals surface area (Å²) >= 11 is 0. The monoisotopic (exact) mass is 974 g/mol. The summed E-state index contributed by atoms with van der Waals surface area (Å²) in [5, 5.41) is 3.79. The molecule has 15 rings (SSSR count). The van der Waals surface area contributed by atoms with Crippen LogP contribution in [0.5, 0.6) is 0 Å². The van der Waals surface area contributed by atoms with Gasteiger partial charge in [0.1, 0.15) is 0 Å². The van der Waals surface area contributed by atoms with Crippen molar-refractivity contribution in [3.63, 3.8) is 0 Å².